The van der Waals surface area contributed by atoms with Gasteiger partial charge in [-0.05, 0) is 62.4 Å². The van der Waals surface area contributed by atoms with Gasteiger partial charge in [0.05, 0.1) is 11.1 Å². The molecule has 0 unspecified atom stereocenters. The van der Waals surface area contributed by atoms with Crippen molar-refractivity contribution in [3.63, 3.8) is 0 Å². The van der Waals surface area contributed by atoms with Gasteiger partial charge in [0.1, 0.15) is 0 Å². The van der Waals surface area contributed by atoms with Gasteiger partial charge in [-0.25, -0.2) is 4.79 Å². The first-order valence-corrected chi connectivity index (χ1v) is 13.4. The molecule has 0 radical (unpaired) electrons. The van der Waals surface area contributed by atoms with E-state index in [0.717, 1.165) is 12.1 Å². The summed E-state index contributed by atoms with van der Waals surface area (Å²) in [6.07, 6.45) is -4.51. The van der Waals surface area contributed by atoms with E-state index in [9.17, 15) is 27.6 Å². The number of amides is 4. The molecule has 1 heterocycles. The van der Waals surface area contributed by atoms with E-state index >= 15 is 0 Å². The molecule has 3 aromatic carbocycles. The van der Waals surface area contributed by atoms with Gasteiger partial charge in [-0.15, -0.1) is 0 Å². The highest BCUT2D eigenvalue weighted by Gasteiger charge is 2.31. The first kappa shape index (κ1) is 29.4. The predicted octanol–water partition coefficient (Wildman–Crippen LogP) is 5.79. The van der Waals surface area contributed by atoms with Crippen molar-refractivity contribution in [3.05, 3.63) is 89.5 Å². The predicted molar refractivity (Wildman–Crippen MR) is 152 cm³/mol. The van der Waals surface area contributed by atoms with Gasteiger partial charge in [-0.3, -0.25) is 9.59 Å². The summed E-state index contributed by atoms with van der Waals surface area (Å²) in [5, 5.41) is 5.40. The van der Waals surface area contributed by atoms with E-state index in [0.29, 0.717) is 61.8 Å². The van der Waals surface area contributed by atoms with Crippen LogP contribution in [0.3, 0.4) is 0 Å². The second-order valence-electron chi connectivity index (χ2n) is 9.51. The molecule has 0 bridgehead atoms. The van der Waals surface area contributed by atoms with Crippen LogP contribution in [0.5, 0.6) is 0 Å². The van der Waals surface area contributed by atoms with Crippen molar-refractivity contribution < 1.29 is 27.6 Å². The van der Waals surface area contributed by atoms with Crippen LogP contribution >= 0.6 is 0 Å². The summed E-state index contributed by atoms with van der Waals surface area (Å²) in [5.74, 6) is -0.467. The lowest BCUT2D eigenvalue weighted by atomic mass is 10.1. The summed E-state index contributed by atoms with van der Waals surface area (Å²) in [7, 11) is 0. The van der Waals surface area contributed by atoms with E-state index in [-0.39, 0.29) is 17.5 Å². The Hall–Kier alpha value is -4.54. The van der Waals surface area contributed by atoms with E-state index in [1.807, 2.05) is 24.8 Å². The van der Waals surface area contributed by atoms with Crippen molar-refractivity contribution in [2.24, 2.45) is 0 Å². The Morgan fingerprint density at radius 2 is 1.46 bits per heavy atom. The van der Waals surface area contributed by atoms with Crippen molar-refractivity contribution in [2.45, 2.75) is 20.0 Å². The van der Waals surface area contributed by atoms with Gasteiger partial charge < -0.3 is 25.3 Å². The number of benzene rings is 3. The van der Waals surface area contributed by atoms with Gasteiger partial charge in [0.25, 0.3) is 11.8 Å². The molecule has 0 atom stereocenters. The Balaban J connectivity index is 1.48. The number of halogens is 3. The normalized spacial score (nSPS) is 13.5. The van der Waals surface area contributed by atoms with Crippen molar-refractivity contribution >= 4 is 34.9 Å². The second-order valence-corrected chi connectivity index (χ2v) is 9.51. The number of hydrogen-bond acceptors (Lipinski definition) is 4. The Morgan fingerprint density at radius 1 is 0.805 bits per heavy atom. The lowest BCUT2D eigenvalue weighted by Crippen LogP contribution is -2.50. The molecule has 1 saturated heterocycles. The summed E-state index contributed by atoms with van der Waals surface area (Å²) < 4.78 is 39.1. The van der Waals surface area contributed by atoms with Gasteiger partial charge in [-0.2, -0.15) is 13.2 Å². The van der Waals surface area contributed by atoms with E-state index < -0.39 is 17.8 Å². The van der Waals surface area contributed by atoms with Gasteiger partial charge in [-0.1, -0.05) is 24.3 Å². The molecule has 4 amide bonds. The highest BCUT2D eigenvalue weighted by Crippen LogP contribution is 2.31. The number of hydrogen-bond donors (Lipinski definition) is 2. The van der Waals surface area contributed by atoms with Crippen LogP contribution in [0.25, 0.3) is 0 Å². The fourth-order valence-electron chi connectivity index (χ4n) is 4.66. The van der Waals surface area contributed by atoms with Gasteiger partial charge in [0.2, 0.25) is 0 Å². The number of carbonyl (C=O) groups is 3. The van der Waals surface area contributed by atoms with Crippen LogP contribution in [0.15, 0.2) is 72.8 Å². The second kappa shape index (κ2) is 12.8. The SMILES string of the molecule is CCN(CC)C(=O)c1cc(NC(=O)c2ccccc2)ccc1N1CCN(C(=O)Nc2cccc(C(F)(F)F)c2)CC1. The third-order valence-corrected chi connectivity index (χ3v) is 6.92. The molecular formula is C30H32F3N5O3. The number of nitrogens with one attached hydrogen (secondary N) is 2. The smallest absolute Gasteiger partial charge is 0.367 e. The molecule has 4 rings (SSSR count). The van der Waals surface area contributed by atoms with Gasteiger partial charge >= 0.3 is 12.2 Å². The average molecular weight is 568 g/mol. The highest BCUT2D eigenvalue weighted by molar-refractivity contribution is 6.06. The Labute approximate surface area is 236 Å². The lowest BCUT2D eigenvalue weighted by Gasteiger charge is -2.37. The molecule has 3 aromatic rings. The van der Waals surface area contributed by atoms with Crippen LogP contribution < -0.4 is 15.5 Å². The zero-order chi connectivity index (χ0) is 29.6. The van der Waals surface area contributed by atoms with Crippen LogP contribution in [0.1, 0.15) is 40.1 Å². The lowest BCUT2D eigenvalue weighted by molar-refractivity contribution is -0.137. The molecule has 8 nitrogen and oxygen atoms in total. The van der Waals surface area contributed by atoms with Crippen LogP contribution in [-0.4, -0.2) is 66.9 Å². The zero-order valence-electron chi connectivity index (χ0n) is 22.9. The van der Waals surface area contributed by atoms with Crippen LogP contribution in [0.4, 0.5) is 35.0 Å². The number of urea groups is 1. The van der Waals surface area contributed by atoms with E-state index in [2.05, 4.69) is 10.6 Å². The number of anilines is 3. The summed E-state index contributed by atoms with van der Waals surface area (Å²) in [6, 6.07) is 18.0. The van der Waals surface area contributed by atoms with Crippen molar-refractivity contribution in [2.75, 3.05) is 54.8 Å². The van der Waals surface area contributed by atoms with E-state index in [1.165, 1.54) is 17.0 Å². The standard InChI is InChI=1S/C30H32F3N5O3/c1-3-36(4-2)28(40)25-20-24(34-27(39)21-9-6-5-7-10-21)13-14-26(25)37-15-17-38(18-16-37)29(41)35-23-12-8-11-22(19-23)30(31,32)33/h5-14,19-20H,3-4,15-18H2,1-2H3,(H,34,39)(H,35,41). The Morgan fingerprint density at radius 3 is 2.10 bits per heavy atom. The fraction of sp³-hybridized carbons (Fsp3) is 0.300. The largest absolute Gasteiger partial charge is 0.416 e. The van der Waals surface area contributed by atoms with E-state index in [4.69, 9.17) is 0 Å². The maximum atomic E-state index is 13.5. The van der Waals surface area contributed by atoms with Crippen molar-refractivity contribution in [1.29, 1.82) is 0 Å². The van der Waals surface area contributed by atoms with Crippen LogP contribution in [-0.2, 0) is 6.18 Å². The number of alkyl halides is 3. The molecule has 0 aliphatic carbocycles. The molecule has 1 aliphatic rings. The molecule has 0 spiro atoms. The minimum atomic E-state index is -4.51. The van der Waals surface area contributed by atoms with Crippen LogP contribution in [0.2, 0.25) is 0 Å². The molecule has 1 aliphatic heterocycles. The topological polar surface area (TPSA) is 85.0 Å². The minimum absolute atomic E-state index is 0.0625. The van der Waals surface area contributed by atoms with Crippen LogP contribution in [0, 0.1) is 0 Å². The third kappa shape index (κ3) is 7.16. The highest BCUT2D eigenvalue weighted by atomic mass is 19.4. The van der Waals surface area contributed by atoms with Gasteiger partial charge in [0.15, 0.2) is 0 Å². The summed E-state index contributed by atoms with van der Waals surface area (Å²) >= 11 is 0. The fourth-order valence-corrected chi connectivity index (χ4v) is 4.66. The van der Waals surface area contributed by atoms with Gasteiger partial charge in [0, 0.05) is 61.9 Å². The minimum Gasteiger partial charge on any atom is -0.367 e. The first-order chi connectivity index (χ1) is 19.6. The molecule has 0 saturated carbocycles. The molecule has 11 heteroatoms. The zero-order valence-corrected chi connectivity index (χ0v) is 22.9. The average Bonchev–Trinajstić information content (AvgIpc) is 2.98. The number of nitrogens with zero attached hydrogens (tertiary/aromatic N) is 3. The summed E-state index contributed by atoms with van der Waals surface area (Å²) in [6.45, 7) is 6.23. The summed E-state index contributed by atoms with van der Waals surface area (Å²) in [4.78, 5) is 44.2. The number of carbonyl (C=O) groups excluding carboxylic acids is 3. The Kier molecular flexibility index (Phi) is 9.16. The number of piperazine rings is 1. The molecule has 216 valence electrons. The third-order valence-electron chi connectivity index (χ3n) is 6.92. The molecule has 1 fully saturated rings. The maximum absolute atomic E-state index is 13.5. The number of rotatable bonds is 7. The maximum Gasteiger partial charge on any atom is 0.416 e. The molecule has 2 N–H and O–H groups in total. The summed E-state index contributed by atoms with van der Waals surface area (Å²) in [5.41, 5.74) is 1.31. The molecule has 41 heavy (non-hydrogen) atoms. The van der Waals surface area contributed by atoms with E-state index in [1.54, 1.807) is 47.4 Å². The monoisotopic (exact) mass is 567 g/mol. The quantitative estimate of drug-likeness (QED) is 0.378. The first-order valence-electron chi connectivity index (χ1n) is 13.4. The molecule has 0 aromatic heterocycles. The van der Waals surface area contributed by atoms with Crippen molar-refractivity contribution in [3.8, 4) is 0 Å². The Bertz CT molecular complexity index is 1390. The molecular weight excluding hydrogens is 535 g/mol. The van der Waals surface area contributed by atoms with Crippen molar-refractivity contribution in [1.82, 2.24) is 9.80 Å².